The van der Waals surface area contributed by atoms with Gasteiger partial charge in [0.05, 0.1) is 4.90 Å². The van der Waals surface area contributed by atoms with Crippen molar-refractivity contribution in [2.24, 2.45) is 0 Å². The van der Waals surface area contributed by atoms with E-state index < -0.39 is 29.1 Å². The molecular formula is C20H22N2O6S. The predicted octanol–water partition coefficient (Wildman–Crippen LogP) is 1.97. The van der Waals surface area contributed by atoms with E-state index in [1.807, 2.05) is 13.0 Å². The summed E-state index contributed by atoms with van der Waals surface area (Å²) in [6.07, 6.45) is 0. The van der Waals surface area contributed by atoms with Crippen LogP contribution >= 0.6 is 0 Å². The second-order valence-corrected chi connectivity index (χ2v) is 8.20. The molecule has 0 fully saturated rings. The molecule has 2 N–H and O–H groups in total. The van der Waals surface area contributed by atoms with Crippen molar-refractivity contribution in [3.63, 3.8) is 0 Å². The molecule has 0 aliphatic rings. The molecule has 0 aliphatic heterocycles. The van der Waals surface area contributed by atoms with Crippen molar-refractivity contribution >= 4 is 33.4 Å². The fourth-order valence-corrected chi connectivity index (χ4v) is 3.53. The number of benzene rings is 2. The molecule has 2 rings (SSSR count). The SMILES string of the molecule is CC(=O)Nc1ccc(S(=O)(=O)NCC(=O)OCC(=O)c2ccc(C)cc2C)cc1. The molecule has 1 amide bonds. The highest BCUT2D eigenvalue weighted by Crippen LogP contribution is 2.14. The van der Waals surface area contributed by atoms with E-state index in [1.54, 1.807) is 19.1 Å². The fourth-order valence-electron chi connectivity index (χ4n) is 2.56. The van der Waals surface area contributed by atoms with Gasteiger partial charge in [0, 0.05) is 18.2 Å². The van der Waals surface area contributed by atoms with E-state index in [0.29, 0.717) is 11.3 Å². The quantitative estimate of drug-likeness (QED) is 0.500. The lowest BCUT2D eigenvalue weighted by Gasteiger charge is -2.09. The number of rotatable bonds is 8. The van der Waals surface area contributed by atoms with E-state index in [1.165, 1.54) is 31.2 Å². The molecule has 0 heterocycles. The molecule has 0 atom stereocenters. The number of esters is 1. The standard InChI is InChI=1S/C20H22N2O6S/c1-13-4-9-18(14(2)10-13)19(24)12-28-20(25)11-21-29(26,27)17-7-5-16(6-8-17)22-15(3)23/h4-10,21H,11-12H2,1-3H3,(H,22,23). The summed E-state index contributed by atoms with van der Waals surface area (Å²) in [5, 5.41) is 2.52. The summed E-state index contributed by atoms with van der Waals surface area (Å²) in [7, 11) is -3.95. The highest BCUT2D eigenvalue weighted by molar-refractivity contribution is 7.89. The van der Waals surface area contributed by atoms with Gasteiger partial charge in [-0.25, -0.2) is 8.42 Å². The van der Waals surface area contributed by atoms with Gasteiger partial charge in [-0.15, -0.1) is 0 Å². The van der Waals surface area contributed by atoms with Gasteiger partial charge < -0.3 is 10.1 Å². The van der Waals surface area contributed by atoms with Crippen LogP contribution in [0.25, 0.3) is 0 Å². The summed E-state index contributed by atoms with van der Waals surface area (Å²) in [4.78, 5) is 34.9. The van der Waals surface area contributed by atoms with Crippen molar-refractivity contribution < 1.29 is 27.5 Å². The molecule has 9 heteroatoms. The number of anilines is 1. The molecule has 8 nitrogen and oxygen atoms in total. The topological polar surface area (TPSA) is 119 Å². The Labute approximate surface area is 169 Å². The second-order valence-electron chi connectivity index (χ2n) is 6.43. The van der Waals surface area contributed by atoms with E-state index in [9.17, 15) is 22.8 Å². The van der Waals surface area contributed by atoms with Gasteiger partial charge in [0.2, 0.25) is 21.7 Å². The van der Waals surface area contributed by atoms with Crippen molar-refractivity contribution in [3.05, 3.63) is 59.2 Å². The van der Waals surface area contributed by atoms with E-state index >= 15 is 0 Å². The summed E-state index contributed by atoms with van der Waals surface area (Å²) < 4.78 is 31.5. The summed E-state index contributed by atoms with van der Waals surface area (Å²) in [5.41, 5.74) is 2.68. The zero-order chi connectivity index (χ0) is 21.6. The number of Topliss-reactive ketones (excluding diaryl/α,β-unsaturated/α-hetero) is 1. The second kappa shape index (κ2) is 9.44. The third kappa shape index (κ3) is 6.51. The van der Waals surface area contributed by atoms with E-state index in [4.69, 9.17) is 4.74 Å². The van der Waals surface area contributed by atoms with Gasteiger partial charge in [-0.2, -0.15) is 4.72 Å². The minimum absolute atomic E-state index is 0.0780. The van der Waals surface area contributed by atoms with Gasteiger partial charge >= 0.3 is 5.97 Å². The first-order valence-electron chi connectivity index (χ1n) is 8.72. The first-order valence-corrected chi connectivity index (χ1v) is 10.2. The van der Waals surface area contributed by atoms with E-state index in [-0.39, 0.29) is 16.6 Å². The van der Waals surface area contributed by atoms with Crippen LogP contribution in [-0.2, 0) is 24.3 Å². The Hall–Kier alpha value is -3.04. The Morgan fingerprint density at radius 1 is 1.00 bits per heavy atom. The third-order valence-electron chi connectivity index (χ3n) is 3.94. The lowest BCUT2D eigenvalue weighted by molar-refractivity contribution is -0.141. The normalized spacial score (nSPS) is 11.0. The van der Waals surface area contributed by atoms with Gasteiger partial charge in [0.15, 0.2) is 6.61 Å². The number of ether oxygens (including phenoxy) is 1. The highest BCUT2D eigenvalue weighted by Gasteiger charge is 2.17. The average molecular weight is 418 g/mol. The molecular weight excluding hydrogens is 396 g/mol. The Morgan fingerprint density at radius 2 is 1.66 bits per heavy atom. The lowest BCUT2D eigenvalue weighted by atomic mass is 10.0. The zero-order valence-corrected chi connectivity index (χ0v) is 17.1. The number of ketones is 1. The summed E-state index contributed by atoms with van der Waals surface area (Å²) in [6.45, 7) is 3.93. The molecule has 2 aromatic carbocycles. The number of carbonyl (C=O) groups is 3. The molecule has 0 bridgehead atoms. The van der Waals surface area contributed by atoms with Crippen molar-refractivity contribution in [1.29, 1.82) is 0 Å². The number of amides is 1. The highest BCUT2D eigenvalue weighted by atomic mass is 32.2. The molecule has 0 aliphatic carbocycles. The van der Waals surface area contributed by atoms with Gasteiger partial charge in [-0.05, 0) is 43.7 Å². The predicted molar refractivity (Wildman–Crippen MR) is 107 cm³/mol. The van der Waals surface area contributed by atoms with Gasteiger partial charge in [0.25, 0.3) is 0 Å². The van der Waals surface area contributed by atoms with Gasteiger partial charge in [0.1, 0.15) is 6.54 Å². The number of sulfonamides is 1. The largest absolute Gasteiger partial charge is 0.456 e. The Balaban J connectivity index is 1.89. The van der Waals surface area contributed by atoms with Crippen molar-refractivity contribution in [2.75, 3.05) is 18.5 Å². The maximum absolute atomic E-state index is 12.2. The maximum Gasteiger partial charge on any atom is 0.321 e. The van der Waals surface area contributed by atoms with Crippen molar-refractivity contribution in [1.82, 2.24) is 4.72 Å². The number of hydrogen-bond donors (Lipinski definition) is 2. The number of carbonyl (C=O) groups excluding carboxylic acids is 3. The Morgan fingerprint density at radius 3 is 2.24 bits per heavy atom. The van der Waals surface area contributed by atoms with Crippen LogP contribution in [-0.4, -0.2) is 39.2 Å². The zero-order valence-electron chi connectivity index (χ0n) is 16.3. The van der Waals surface area contributed by atoms with Crippen LogP contribution in [0.3, 0.4) is 0 Å². The summed E-state index contributed by atoms with van der Waals surface area (Å²) >= 11 is 0. The molecule has 0 saturated heterocycles. The first kappa shape index (κ1) is 22.3. The minimum Gasteiger partial charge on any atom is -0.456 e. The number of aryl methyl sites for hydroxylation is 2. The Bertz CT molecular complexity index is 1030. The van der Waals surface area contributed by atoms with E-state index in [2.05, 4.69) is 10.0 Å². The maximum atomic E-state index is 12.2. The van der Waals surface area contributed by atoms with Crippen LogP contribution in [0, 0.1) is 13.8 Å². The van der Waals surface area contributed by atoms with E-state index in [0.717, 1.165) is 11.1 Å². The van der Waals surface area contributed by atoms with Crippen LogP contribution in [0.5, 0.6) is 0 Å². The monoisotopic (exact) mass is 418 g/mol. The van der Waals surface area contributed by atoms with Gasteiger partial charge in [-0.3, -0.25) is 14.4 Å². The Kier molecular flexibility index (Phi) is 7.24. The molecule has 0 saturated carbocycles. The molecule has 0 spiro atoms. The summed E-state index contributed by atoms with van der Waals surface area (Å²) in [6, 6.07) is 10.7. The van der Waals surface area contributed by atoms with Crippen LogP contribution in [0.1, 0.15) is 28.4 Å². The van der Waals surface area contributed by atoms with Crippen LogP contribution in [0.15, 0.2) is 47.4 Å². The van der Waals surface area contributed by atoms with Crippen molar-refractivity contribution in [3.8, 4) is 0 Å². The smallest absolute Gasteiger partial charge is 0.321 e. The van der Waals surface area contributed by atoms with Crippen LogP contribution < -0.4 is 10.0 Å². The minimum atomic E-state index is -3.95. The van der Waals surface area contributed by atoms with Crippen LogP contribution in [0.2, 0.25) is 0 Å². The molecule has 29 heavy (non-hydrogen) atoms. The molecule has 0 aromatic heterocycles. The lowest BCUT2D eigenvalue weighted by Crippen LogP contribution is -2.31. The molecule has 0 radical (unpaired) electrons. The number of hydrogen-bond acceptors (Lipinski definition) is 6. The van der Waals surface area contributed by atoms with Gasteiger partial charge in [-0.1, -0.05) is 23.8 Å². The van der Waals surface area contributed by atoms with Crippen molar-refractivity contribution in [2.45, 2.75) is 25.7 Å². The fraction of sp³-hybridized carbons (Fsp3) is 0.250. The van der Waals surface area contributed by atoms with Crippen LogP contribution in [0.4, 0.5) is 5.69 Å². The first-order chi connectivity index (χ1) is 13.6. The average Bonchev–Trinajstić information content (AvgIpc) is 2.64. The third-order valence-corrected chi connectivity index (χ3v) is 5.36. The molecule has 2 aromatic rings. The molecule has 154 valence electrons. The number of nitrogens with one attached hydrogen (secondary N) is 2. The summed E-state index contributed by atoms with van der Waals surface area (Å²) in [5.74, 6) is -1.52. The molecule has 0 unspecified atom stereocenters.